The van der Waals surface area contributed by atoms with Gasteiger partial charge in [-0.2, -0.15) is 5.26 Å². The minimum Gasteiger partial charge on any atom is -0.359 e. The van der Waals surface area contributed by atoms with E-state index in [4.69, 9.17) is 10.00 Å². The van der Waals surface area contributed by atoms with Crippen molar-refractivity contribution in [2.45, 2.75) is 12.0 Å². The van der Waals surface area contributed by atoms with Gasteiger partial charge >= 0.3 is 0 Å². The first-order valence-corrected chi connectivity index (χ1v) is 3.14. The van der Waals surface area contributed by atoms with Gasteiger partial charge in [-0.25, -0.2) is 0 Å². The summed E-state index contributed by atoms with van der Waals surface area (Å²) in [6.45, 7) is 0. The van der Waals surface area contributed by atoms with E-state index < -0.39 is 5.60 Å². The lowest BCUT2D eigenvalue weighted by molar-refractivity contribution is 0.0824. The van der Waals surface area contributed by atoms with Gasteiger partial charge < -0.3 is 4.74 Å². The molecule has 2 nitrogen and oxygen atoms in total. The predicted octanol–water partition coefficient (Wildman–Crippen LogP) is 1.41. The van der Waals surface area contributed by atoms with Crippen LogP contribution in [0.1, 0.15) is 6.42 Å². The van der Waals surface area contributed by atoms with Crippen molar-refractivity contribution in [3.05, 3.63) is 24.3 Å². The fourth-order valence-electron chi connectivity index (χ4n) is 0.881. The molecule has 1 unspecified atom stereocenters. The van der Waals surface area contributed by atoms with E-state index in [9.17, 15) is 0 Å². The zero-order chi connectivity index (χ0) is 7.45. The zero-order valence-corrected chi connectivity index (χ0v) is 5.87. The Hall–Kier alpha value is -1.07. The van der Waals surface area contributed by atoms with E-state index in [-0.39, 0.29) is 0 Å². The van der Waals surface area contributed by atoms with Crippen LogP contribution >= 0.6 is 0 Å². The maximum atomic E-state index is 8.68. The van der Waals surface area contributed by atoms with Crippen molar-refractivity contribution in [1.29, 1.82) is 5.26 Å². The Morgan fingerprint density at radius 2 is 2.40 bits per heavy atom. The molecule has 1 aliphatic carbocycles. The molecule has 1 atom stereocenters. The van der Waals surface area contributed by atoms with Gasteiger partial charge in [0.1, 0.15) is 6.07 Å². The molecule has 0 spiro atoms. The number of nitrogens with zero attached hydrogens (tertiary/aromatic N) is 1. The molecule has 2 heteroatoms. The average Bonchev–Trinajstić information content (AvgIpc) is 2.06. The Balaban J connectivity index is 2.79. The third-order valence-corrected chi connectivity index (χ3v) is 1.59. The molecule has 10 heavy (non-hydrogen) atoms. The first-order valence-electron chi connectivity index (χ1n) is 3.14. The van der Waals surface area contributed by atoms with Crippen LogP contribution in [0, 0.1) is 11.3 Å². The topological polar surface area (TPSA) is 33.0 Å². The molecule has 0 radical (unpaired) electrons. The molecule has 0 saturated heterocycles. The van der Waals surface area contributed by atoms with Crippen LogP contribution in [-0.4, -0.2) is 12.7 Å². The van der Waals surface area contributed by atoms with Crippen LogP contribution < -0.4 is 0 Å². The quantitative estimate of drug-likeness (QED) is 0.544. The van der Waals surface area contributed by atoms with Crippen LogP contribution in [0.15, 0.2) is 24.3 Å². The van der Waals surface area contributed by atoms with E-state index in [1.807, 2.05) is 18.2 Å². The van der Waals surface area contributed by atoms with Crippen molar-refractivity contribution in [3.8, 4) is 6.07 Å². The van der Waals surface area contributed by atoms with Gasteiger partial charge in [-0.3, -0.25) is 0 Å². The Kier molecular flexibility index (Phi) is 1.88. The lowest BCUT2D eigenvalue weighted by Crippen LogP contribution is -2.26. The van der Waals surface area contributed by atoms with Crippen LogP contribution in [0.5, 0.6) is 0 Å². The van der Waals surface area contributed by atoms with Gasteiger partial charge in [0.15, 0.2) is 5.60 Å². The van der Waals surface area contributed by atoms with Crippen molar-refractivity contribution in [2.75, 3.05) is 7.11 Å². The van der Waals surface area contributed by atoms with E-state index in [0.29, 0.717) is 6.42 Å². The molecule has 0 aromatic carbocycles. The number of nitriles is 1. The molecule has 0 saturated carbocycles. The van der Waals surface area contributed by atoms with Gasteiger partial charge in [0.25, 0.3) is 0 Å². The van der Waals surface area contributed by atoms with Crippen molar-refractivity contribution >= 4 is 0 Å². The fraction of sp³-hybridized carbons (Fsp3) is 0.375. The number of methoxy groups -OCH3 is 1. The van der Waals surface area contributed by atoms with Crippen LogP contribution in [0.4, 0.5) is 0 Å². The smallest absolute Gasteiger partial charge is 0.176 e. The average molecular weight is 135 g/mol. The summed E-state index contributed by atoms with van der Waals surface area (Å²) in [6.07, 6.45) is 8.08. The number of hydrogen-bond donors (Lipinski definition) is 0. The zero-order valence-electron chi connectivity index (χ0n) is 5.87. The van der Waals surface area contributed by atoms with Gasteiger partial charge in [-0.1, -0.05) is 18.2 Å². The lowest BCUT2D eigenvalue weighted by Gasteiger charge is -2.20. The molecular formula is C8H9NO. The molecule has 0 aliphatic heterocycles. The predicted molar refractivity (Wildman–Crippen MR) is 38.2 cm³/mol. The summed E-state index contributed by atoms with van der Waals surface area (Å²) in [5, 5.41) is 8.68. The molecule has 0 aromatic rings. The summed E-state index contributed by atoms with van der Waals surface area (Å²) in [5.41, 5.74) is -0.700. The fourth-order valence-corrected chi connectivity index (χ4v) is 0.881. The standard InChI is InChI=1S/C8H9NO/c1-10-8(7-9)5-3-2-4-6-8/h2-5H,6H2,1H3. The number of ether oxygens (including phenoxy) is 1. The molecule has 0 N–H and O–H groups in total. The van der Waals surface area contributed by atoms with E-state index in [2.05, 4.69) is 6.07 Å². The number of allylic oxidation sites excluding steroid dienone is 2. The second-order valence-corrected chi connectivity index (χ2v) is 2.20. The molecule has 0 aromatic heterocycles. The summed E-state index contributed by atoms with van der Waals surface area (Å²) in [4.78, 5) is 0. The maximum Gasteiger partial charge on any atom is 0.176 e. The highest BCUT2D eigenvalue weighted by atomic mass is 16.5. The first-order chi connectivity index (χ1) is 4.83. The monoisotopic (exact) mass is 135 g/mol. The molecule has 52 valence electrons. The van der Waals surface area contributed by atoms with Crippen molar-refractivity contribution in [1.82, 2.24) is 0 Å². The normalized spacial score (nSPS) is 30.0. The maximum absolute atomic E-state index is 8.68. The first kappa shape index (κ1) is 7.04. The van der Waals surface area contributed by atoms with Crippen molar-refractivity contribution in [3.63, 3.8) is 0 Å². The summed E-state index contributed by atoms with van der Waals surface area (Å²) < 4.78 is 5.03. The molecule has 0 heterocycles. The molecule has 0 fully saturated rings. The van der Waals surface area contributed by atoms with Crippen LogP contribution in [0.2, 0.25) is 0 Å². The van der Waals surface area contributed by atoms with Crippen LogP contribution in [0.3, 0.4) is 0 Å². The Morgan fingerprint density at radius 3 is 2.70 bits per heavy atom. The SMILES string of the molecule is COC1(C#N)C=CC=CC1. The summed E-state index contributed by atoms with van der Waals surface area (Å²) in [6, 6.07) is 2.11. The minimum atomic E-state index is -0.700. The number of hydrogen-bond acceptors (Lipinski definition) is 2. The summed E-state index contributed by atoms with van der Waals surface area (Å²) in [7, 11) is 1.55. The molecular weight excluding hydrogens is 126 g/mol. The van der Waals surface area contributed by atoms with Crippen molar-refractivity contribution < 1.29 is 4.74 Å². The largest absolute Gasteiger partial charge is 0.359 e. The molecule has 1 rings (SSSR count). The third-order valence-electron chi connectivity index (χ3n) is 1.59. The van der Waals surface area contributed by atoms with Crippen LogP contribution in [-0.2, 0) is 4.74 Å². The van der Waals surface area contributed by atoms with E-state index >= 15 is 0 Å². The van der Waals surface area contributed by atoms with Gasteiger partial charge in [-0.15, -0.1) is 0 Å². The van der Waals surface area contributed by atoms with Crippen LogP contribution in [0.25, 0.3) is 0 Å². The second-order valence-electron chi connectivity index (χ2n) is 2.20. The Bertz CT molecular complexity index is 212. The Labute approximate surface area is 60.4 Å². The highest BCUT2D eigenvalue weighted by Crippen LogP contribution is 2.19. The highest BCUT2D eigenvalue weighted by molar-refractivity contribution is 5.26. The third kappa shape index (κ3) is 1.09. The molecule has 0 amide bonds. The van der Waals surface area contributed by atoms with E-state index in [1.54, 1.807) is 13.2 Å². The lowest BCUT2D eigenvalue weighted by atomic mass is 9.97. The van der Waals surface area contributed by atoms with E-state index in [1.165, 1.54) is 0 Å². The van der Waals surface area contributed by atoms with Gasteiger partial charge in [0.05, 0.1) is 0 Å². The van der Waals surface area contributed by atoms with Gasteiger partial charge in [-0.05, 0) is 6.08 Å². The highest BCUT2D eigenvalue weighted by Gasteiger charge is 2.25. The number of rotatable bonds is 1. The second kappa shape index (κ2) is 2.68. The summed E-state index contributed by atoms with van der Waals surface area (Å²) >= 11 is 0. The minimum absolute atomic E-state index is 0.649. The summed E-state index contributed by atoms with van der Waals surface area (Å²) in [5.74, 6) is 0. The molecule has 0 bridgehead atoms. The van der Waals surface area contributed by atoms with Gasteiger partial charge in [0.2, 0.25) is 0 Å². The van der Waals surface area contributed by atoms with E-state index in [0.717, 1.165) is 0 Å². The van der Waals surface area contributed by atoms with Crippen molar-refractivity contribution in [2.24, 2.45) is 0 Å². The van der Waals surface area contributed by atoms with Gasteiger partial charge in [0, 0.05) is 13.5 Å². The Morgan fingerprint density at radius 1 is 1.60 bits per heavy atom. The molecule has 1 aliphatic rings.